The Balaban J connectivity index is 4.87. The van der Waals surface area contributed by atoms with E-state index in [1.54, 1.807) is 20.8 Å². The molecule has 0 fully saturated rings. The molecule has 0 aliphatic rings. The van der Waals surface area contributed by atoms with Crippen molar-refractivity contribution in [3.8, 4) is 0 Å². The number of rotatable bonds is 6. The number of carboxylic acids is 1. The Kier molecular flexibility index (Phi) is 6.62. The van der Waals surface area contributed by atoms with E-state index in [9.17, 15) is 14.4 Å². The minimum Gasteiger partial charge on any atom is -0.478 e. The van der Waals surface area contributed by atoms with Gasteiger partial charge in [0.1, 0.15) is 0 Å². The van der Waals surface area contributed by atoms with Crippen molar-refractivity contribution in [3.05, 3.63) is 11.6 Å². The van der Waals surface area contributed by atoms with Crippen LogP contribution in [0.15, 0.2) is 11.6 Å². The second-order valence-electron chi connectivity index (χ2n) is 3.24. The first-order valence-electron chi connectivity index (χ1n) is 5.25. The van der Waals surface area contributed by atoms with Crippen LogP contribution in [-0.2, 0) is 23.9 Å². The third-order valence-electron chi connectivity index (χ3n) is 1.87. The molecule has 1 unspecified atom stereocenters. The first-order valence-corrected chi connectivity index (χ1v) is 5.25. The van der Waals surface area contributed by atoms with Gasteiger partial charge in [-0.1, -0.05) is 6.92 Å². The van der Waals surface area contributed by atoms with Gasteiger partial charge < -0.3 is 14.6 Å². The Morgan fingerprint density at radius 1 is 1.24 bits per heavy atom. The van der Waals surface area contributed by atoms with Crippen molar-refractivity contribution in [2.75, 3.05) is 6.61 Å². The number of carbonyl (C=O) groups excluding carboxylic acids is 2. The lowest BCUT2D eigenvalue weighted by Crippen LogP contribution is -2.23. The highest BCUT2D eigenvalue weighted by atomic mass is 16.6. The lowest BCUT2D eigenvalue weighted by molar-refractivity contribution is -0.150. The Labute approximate surface area is 99.2 Å². The normalized spacial score (nSPS) is 12.8. The summed E-state index contributed by atoms with van der Waals surface area (Å²) >= 11 is 0. The van der Waals surface area contributed by atoms with Gasteiger partial charge in [0.2, 0.25) is 0 Å². The third kappa shape index (κ3) is 5.70. The number of hydrogen-bond donors (Lipinski definition) is 1. The monoisotopic (exact) mass is 244 g/mol. The average Bonchev–Trinajstić information content (AvgIpc) is 2.25. The summed E-state index contributed by atoms with van der Waals surface area (Å²) in [7, 11) is 0. The van der Waals surface area contributed by atoms with Crippen molar-refractivity contribution in [3.63, 3.8) is 0 Å². The fourth-order valence-electron chi connectivity index (χ4n) is 0.863. The Bertz CT molecular complexity index is 331. The molecule has 0 bridgehead atoms. The molecule has 1 N–H and O–H groups in total. The van der Waals surface area contributed by atoms with Gasteiger partial charge in [-0.05, 0) is 20.3 Å². The minimum atomic E-state index is -1.41. The standard InChI is InChI=1S/C11H16O6/c1-4-7(3)17-11(15)8(6-9(12)13)10(14)16-5-2/h6-7H,4-5H2,1-3H3,(H,12,13). The largest absolute Gasteiger partial charge is 0.478 e. The van der Waals surface area contributed by atoms with Gasteiger partial charge in [-0.3, -0.25) is 0 Å². The molecule has 0 spiro atoms. The van der Waals surface area contributed by atoms with Crippen LogP contribution in [-0.4, -0.2) is 35.7 Å². The quantitative estimate of drug-likeness (QED) is 0.323. The molecule has 0 aromatic carbocycles. The van der Waals surface area contributed by atoms with Crippen LogP contribution in [0.1, 0.15) is 27.2 Å². The second kappa shape index (κ2) is 7.43. The first-order chi connectivity index (χ1) is 7.92. The summed E-state index contributed by atoms with van der Waals surface area (Å²) in [5.41, 5.74) is -0.611. The van der Waals surface area contributed by atoms with Gasteiger partial charge in [0.15, 0.2) is 5.57 Å². The van der Waals surface area contributed by atoms with E-state index in [-0.39, 0.29) is 6.61 Å². The highest BCUT2D eigenvalue weighted by Gasteiger charge is 2.23. The Hall–Kier alpha value is -1.85. The summed E-state index contributed by atoms with van der Waals surface area (Å²) in [6, 6.07) is 0. The van der Waals surface area contributed by atoms with E-state index < -0.39 is 29.6 Å². The molecule has 6 nitrogen and oxygen atoms in total. The molecule has 0 aromatic rings. The van der Waals surface area contributed by atoms with Crippen molar-refractivity contribution in [2.45, 2.75) is 33.3 Å². The molecule has 0 saturated carbocycles. The van der Waals surface area contributed by atoms with Crippen LogP contribution in [0.2, 0.25) is 0 Å². The van der Waals surface area contributed by atoms with Crippen LogP contribution in [0, 0.1) is 0 Å². The van der Waals surface area contributed by atoms with Crippen LogP contribution in [0.5, 0.6) is 0 Å². The summed E-state index contributed by atoms with van der Waals surface area (Å²) in [5.74, 6) is -3.39. The highest BCUT2D eigenvalue weighted by molar-refractivity contribution is 6.17. The predicted molar refractivity (Wildman–Crippen MR) is 58.2 cm³/mol. The molecule has 96 valence electrons. The molecule has 17 heavy (non-hydrogen) atoms. The summed E-state index contributed by atoms with van der Waals surface area (Å²) in [5, 5.41) is 8.55. The average molecular weight is 244 g/mol. The van der Waals surface area contributed by atoms with Crippen molar-refractivity contribution in [1.82, 2.24) is 0 Å². The number of carbonyl (C=O) groups is 3. The lowest BCUT2D eigenvalue weighted by atomic mass is 10.2. The second-order valence-corrected chi connectivity index (χ2v) is 3.24. The zero-order valence-electron chi connectivity index (χ0n) is 10.1. The summed E-state index contributed by atoms with van der Waals surface area (Å²) in [6.45, 7) is 5.03. The van der Waals surface area contributed by atoms with Gasteiger partial charge in [0.05, 0.1) is 12.7 Å². The molecule has 0 rings (SSSR count). The first kappa shape index (κ1) is 15.2. The van der Waals surface area contributed by atoms with Crippen LogP contribution < -0.4 is 0 Å². The third-order valence-corrected chi connectivity index (χ3v) is 1.87. The molecule has 0 aliphatic heterocycles. The van der Waals surface area contributed by atoms with Crippen LogP contribution >= 0.6 is 0 Å². The molecule has 0 aromatic heterocycles. The number of carboxylic acid groups (broad SMARTS) is 1. The van der Waals surface area contributed by atoms with Crippen LogP contribution in [0.25, 0.3) is 0 Å². The molecule has 1 atom stereocenters. The number of hydrogen-bond acceptors (Lipinski definition) is 5. The Morgan fingerprint density at radius 2 is 1.82 bits per heavy atom. The molecule has 0 amide bonds. The highest BCUT2D eigenvalue weighted by Crippen LogP contribution is 2.06. The van der Waals surface area contributed by atoms with E-state index in [1.807, 2.05) is 0 Å². The van der Waals surface area contributed by atoms with E-state index in [1.165, 1.54) is 0 Å². The number of aliphatic carboxylic acids is 1. The van der Waals surface area contributed by atoms with E-state index in [0.717, 1.165) is 0 Å². The zero-order valence-corrected chi connectivity index (χ0v) is 10.1. The number of ether oxygens (including phenoxy) is 2. The summed E-state index contributed by atoms with van der Waals surface area (Å²) in [4.78, 5) is 33.3. The lowest BCUT2D eigenvalue weighted by Gasteiger charge is -2.11. The van der Waals surface area contributed by atoms with E-state index in [0.29, 0.717) is 12.5 Å². The van der Waals surface area contributed by atoms with Crippen molar-refractivity contribution < 1.29 is 29.0 Å². The van der Waals surface area contributed by atoms with Crippen molar-refractivity contribution in [2.24, 2.45) is 0 Å². The molecule has 0 heterocycles. The molecule has 0 radical (unpaired) electrons. The zero-order chi connectivity index (χ0) is 13.4. The smallest absolute Gasteiger partial charge is 0.346 e. The molecular formula is C11H16O6. The SMILES string of the molecule is CCOC(=O)C(=CC(=O)O)C(=O)OC(C)CC. The molecule has 6 heteroatoms. The fourth-order valence-corrected chi connectivity index (χ4v) is 0.863. The Morgan fingerprint density at radius 3 is 2.24 bits per heavy atom. The van der Waals surface area contributed by atoms with Crippen molar-refractivity contribution >= 4 is 17.9 Å². The molecular weight excluding hydrogens is 228 g/mol. The van der Waals surface area contributed by atoms with Gasteiger partial charge in [-0.25, -0.2) is 14.4 Å². The van der Waals surface area contributed by atoms with Crippen molar-refractivity contribution in [1.29, 1.82) is 0 Å². The van der Waals surface area contributed by atoms with Crippen LogP contribution in [0.4, 0.5) is 0 Å². The maximum atomic E-state index is 11.5. The minimum absolute atomic E-state index is 0.0480. The van der Waals surface area contributed by atoms with E-state index in [4.69, 9.17) is 9.84 Å². The van der Waals surface area contributed by atoms with Gasteiger partial charge in [0.25, 0.3) is 0 Å². The van der Waals surface area contributed by atoms with E-state index in [2.05, 4.69) is 4.74 Å². The fraction of sp³-hybridized carbons (Fsp3) is 0.545. The van der Waals surface area contributed by atoms with Crippen LogP contribution in [0.3, 0.4) is 0 Å². The van der Waals surface area contributed by atoms with Gasteiger partial charge >= 0.3 is 17.9 Å². The maximum absolute atomic E-state index is 11.5. The van der Waals surface area contributed by atoms with Gasteiger partial charge in [0, 0.05) is 6.08 Å². The summed E-state index contributed by atoms with van der Waals surface area (Å²) < 4.78 is 9.43. The maximum Gasteiger partial charge on any atom is 0.346 e. The van der Waals surface area contributed by atoms with E-state index >= 15 is 0 Å². The number of esters is 2. The summed E-state index contributed by atoms with van der Waals surface area (Å²) in [6.07, 6.45) is 0.659. The molecule has 0 saturated heterocycles. The predicted octanol–water partition coefficient (Wildman–Crippen LogP) is 0.902. The van der Waals surface area contributed by atoms with Gasteiger partial charge in [-0.2, -0.15) is 0 Å². The van der Waals surface area contributed by atoms with Gasteiger partial charge in [-0.15, -0.1) is 0 Å². The molecule has 0 aliphatic carbocycles. The topological polar surface area (TPSA) is 89.9 Å².